The molecule has 2 fully saturated rings. The number of hydrogen-bond donors (Lipinski definition) is 2. The monoisotopic (exact) mass is 354 g/mol. The molecule has 24 heavy (non-hydrogen) atoms. The molecule has 2 bridgehead atoms. The van der Waals surface area contributed by atoms with Crippen LogP contribution in [0.15, 0.2) is 40.3 Å². The maximum absolute atomic E-state index is 12.1. The van der Waals surface area contributed by atoms with Gasteiger partial charge in [-0.3, -0.25) is 4.79 Å². The minimum absolute atomic E-state index is 0.102. The van der Waals surface area contributed by atoms with Crippen LogP contribution in [0.3, 0.4) is 0 Å². The van der Waals surface area contributed by atoms with Crippen LogP contribution in [0.5, 0.6) is 0 Å². The van der Waals surface area contributed by atoms with Crippen molar-refractivity contribution in [1.29, 1.82) is 0 Å². The van der Waals surface area contributed by atoms with Crippen LogP contribution in [0.25, 0.3) is 10.9 Å². The molecule has 0 amide bonds. The molecule has 0 saturated heterocycles. The highest BCUT2D eigenvalue weighted by Crippen LogP contribution is 2.64. The van der Waals surface area contributed by atoms with Gasteiger partial charge in [0.05, 0.1) is 5.03 Å². The molecule has 0 spiro atoms. The van der Waals surface area contributed by atoms with E-state index in [4.69, 9.17) is 0 Å². The number of aromatic amines is 2. The van der Waals surface area contributed by atoms with Crippen LogP contribution in [-0.2, 0) is 0 Å². The first-order valence-electron chi connectivity index (χ1n) is 8.75. The molecule has 2 saturated carbocycles. The quantitative estimate of drug-likeness (QED) is 0.672. The Morgan fingerprint density at radius 1 is 1.12 bits per heavy atom. The number of thioether (sulfide) groups is 1. The van der Waals surface area contributed by atoms with E-state index in [2.05, 4.69) is 40.4 Å². The Morgan fingerprint density at radius 2 is 2.00 bits per heavy atom. The lowest BCUT2D eigenvalue weighted by Crippen LogP contribution is -2.33. The van der Waals surface area contributed by atoms with Crippen LogP contribution < -0.4 is 4.87 Å². The van der Waals surface area contributed by atoms with Crippen LogP contribution in [-0.4, -0.2) is 15.2 Å². The molecule has 3 heterocycles. The Hall–Kier alpha value is -1.46. The number of rotatable bonds is 1. The summed E-state index contributed by atoms with van der Waals surface area (Å²) in [6.07, 6.45) is 6.34. The molecular weight excluding hydrogens is 336 g/mol. The third-order valence-electron chi connectivity index (χ3n) is 6.42. The van der Waals surface area contributed by atoms with E-state index in [9.17, 15) is 4.79 Å². The molecule has 2 aliphatic carbocycles. The van der Waals surface area contributed by atoms with E-state index in [1.54, 1.807) is 0 Å². The normalized spacial score (nSPS) is 33.8. The van der Waals surface area contributed by atoms with Gasteiger partial charge in [-0.05, 0) is 48.6 Å². The zero-order valence-corrected chi connectivity index (χ0v) is 14.8. The van der Waals surface area contributed by atoms with Crippen molar-refractivity contribution >= 4 is 34.0 Å². The molecule has 5 atom stereocenters. The largest absolute Gasteiger partial charge is 0.361 e. The predicted molar refractivity (Wildman–Crippen MR) is 99.0 cm³/mol. The highest BCUT2D eigenvalue weighted by atomic mass is 32.2. The Bertz CT molecular complexity index is 1000. The van der Waals surface area contributed by atoms with Crippen LogP contribution in [0.2, 0.25) is 0 Å². The second-order valence-electron chi connectivity index (χ2n) is 7.47. The van der Waals surface area contributed by atoms with E-state index in [0.29, 0.717) is 17.1 Å². The molecule has 0 radical (unpaired) electrons. The van der Waals surface area contributed by atoms with Crippen LogP contribution in [0.1, 0.15) is 35.6 Å². The summed E-state index contributed by atoms with van der Waals surface area (Å²) in [6.45, 7) is 0. The fraction of sp³-hybridized carbons (Fsp3) is 0.421. The molecule has 0 unspecified atom stereocenters. The summed E-state index contributed by atoms with van der Waals surface area (Å²) in [4.78, 5) is 20.0. The van der Waals surface area contributed by atoms with Gasteiger partial charge in [-0.2, -0.15) is 0 Å². The van der Waals surface area contributed by atoms with E-state index >= 15 is 0 Å². The van der Waals surface area contributed by atoms with Gasteiger partial charge >= 0.3 is 4.87 Å². The summed E-state index contributed by atoms with van der Waals surface area (Å²) in [6, 6.07) is 8.57. The minimum Gasteiger partial charge on any atom is -0.361 e. The summed E-state index contributed by atoms with van der Waals surface area (Å²) < 4.78 is 0. The third-order valence-corrected chi connectivity index (χ3v) is 9.05. The number of nitrogens with one attached hydrogen (secondary N) is 2. The van der Waals surface area contributed by atoms with Crippen molar-refractivity contribution in [2.24, 2.45) is 17.8 Å². The first kappa shape index (κ1) is 13.8. The Kier molecular flexibility index (Phi) is 2.75. The number of aromatic nitrogens is 2. The van der Waals surface area contributed by atoms with Gasteiger partial charge in [-0.25, -0.2) is 0 Å². The maximum atomic E-state index is 12.1. The van der Waals surface area contributed by atoms with Gasteiger partial charge in [0, 0.05) is 33.1 Å². The highest BCUT2D eigenvalue weighted by molar-refractivity contribution is 8.00. The van der Waals surface area contributed by atoms with Crippen molar-refractivity contribution < 1.29 is 0 Å². The van der Waals surface area contributed by atoms with Crippen LogP contribution in [0, 0.1) is 17.8 Å². The summed E-state index contributed by atoms with van der Waals surface area (Å²) >= 11 is 3.40. The van der Waals surface area contributed by atoms with E-state index < -0.39 is 0 Å². The molecule has 6 rings (SSSR count). The minimum atomic E-state index is 0.102. The second-order valence-corrected chi connectivity index (χ2v) is 9.67. The van der Waals surface area contributed by atoms with Crippen molar-refractivity contribution in [1.82, 2.24) is 9.97 Å². The predicted octanol–water partition coefficient (Wildman–Crippen LogP) is 4.57. The van der Waals surface area contributed by atoms with Crippen molar-refractivity contribution in [3.05, 3.63) is 50.6 Å². The number of thiazole rings is 1. The lowest BCUT2D eigenvalue weighted by molar-refractivity contribution is 0.308. The number of para-hydroxylation sites is 1. The maximum Gasteiger partial charge on any atom is 0.305 e. The first-order chi connectivity index (χ1) is 11.8. The summed E-state index contributed by atoms with van der Waals surface area (Å²) in [5.41, 5.74) is 2.60. The van der Waals surface area contributed by atoms with Crippen molar-refractivity contribution in [2.45, 2.75) is 35.5 Å². The molecule has 3 nitrogen and oxygen atoms in total. The SMILES string of the molecule is O=c1[nH]c2c(s1)[C@H](c1c[nH]c3ccccc13)[C@@H]1[C@H]3CC[C@@H](C3)[C@H]1S2. The molecule has 1 aromatic carbocycles. The smallest absolute Gasteiger partial charge is 0.305 e. The Balaban J connectivity index is 1.61. The first-order valence-corrected chi connectivity index (χ1v) is 10.4. The van der Waals surface area contributed by atoms with Crippen LogP contribution >= 0.6 is 23.1 Å². The zero-order chi connectivity index (χ0) is 15.8. The van der Waals surface area contributed by atoms with Gasteiger partial charge in [0.25, 0.3) is 0 Å². The summed E-state index contributed by atoms with van der Waals surface area (Å²) in [5.74, 6) is 2.74. The van der Waals surface area contributed by atoms with Crippen molar-refractivity contribution in [3.8, 4) is 0 Å². The topological polar surface area (TPSA) is 48.6 Å². The zero-order valence-electron chi connectivity index (χ0n) is 13.1. The summed E-state index contributed by atoms with van der Waals surface area (Å²) in [7, 11) is 0. The molecule has 2 aromatic heterocycles. The molecular formula is C19H18N2OS2. The third kappa shape index (κ3) is 1.72. The molecule has 1 aliphatic heterocycles. The molecule has 3 aliphatic rings. The van der Waals surface area contributed by atoms with Crippen molar-refractivity contribution in [2.75, 3.05) is 0 Å². The van der Waals surface area contributed by atoms with E-state index in [-0.39, 0.29) is 4.87 Å². The van der Waals surface area contributed by atoms with Crippen LogP contribution in [0.4, 0.5) is 0 Å². The summed E-state index contributed by atoms with van der Waals surface area (Å²) in [5, 5.41) is 3.15. The van der Waals surface area contributed by atoms with E-state index in [1.807, 2.05) is 11.8 Å². The van der Waals surface area contributed by atoms with E-state index in [0.717, 1.165) is 16.9 Å². The van der Waals surface area contributed by atoms with Gasteiger partial charge in [-0.1, -0.05) is 29.5 Å². The highest BCUT2D eigenvalue weighted by Gasteiger charge is 2.55. The van der Waals surface area contributed by atoms with Gasteiger partial charge < -0.3 is 9.97 Å². The molecule has 3 aromatic rings. The fourth-order valence-electron chi connectivity index (χ4n) is 5.55. The van der Waals surface area contributed by atoms with Gasteiger partial charge in [0.15, 0.2) is 0 Å². The Labute approximate surface area is 147 Å². The second kappa shape index (κ2) is 4.79. The molecule has 5 heteroatoms. The van der Waals surface area contributed by atoms with Gasteiger partial charge in [0.2, 0.25) is 0 Å². The van der Waals surface area contributed by atoms with Gasteiger partial charge in [-0.15, -0.1) is 11.8 Å². The van der Waals surface area contributed by atoms with Gasteiger partial charge in [0.1, 0.15) is 0 Å². The number of fused-ring (bicyclic) bond motifs is 7. The van der Waals surface area contributed by atoms with E-state index in [1.165, 1.54) is 51.9 Å². The standard InChI is InChI=1S/C19H18N2OS2/c22-19-21-18-17(24-19)15(12-8-20-13-4-2-1-3-11(12)13)14-9-5-6-10(7-9)16(14)23-18/h1-4,8-10,14-16,20H,5-7H2,(H,21,22)/t9-,10-,14-,15+,16+/m0/s1. The lowest BCUT2D eigenvalue weighted by atomic mass is 9.75. The van der Waals surface area contributed by atoms with Crippen molar-refractivity contribution in [3.63, 3.8) is 0 Å². The molecule has 122 valence electrons. The lowest BCUT2D eigenvalue weighted by Gasteiger charge is -2.39. The number of H-pyrrole nitrogens is 2. The number of hydrogen-bond acceptors (Lipinski definition) is 3. The number of benzene rings is 1. The average Bonchev–Trinajstić information content (AvgIpc) is 3.34. The average molecular weight is 355 g/mol. The fourth-order valence-corrected chi connectivity index (χ4v) is 8.43. The molecule has 2 N–H and O–H groups in total. The Morgan fingerprint density at radius 3 is 2.96 bits per heavy atom.